The zero-order valence-corrected chi connectivity index (χ0v) is 9.50. The highest BCUT2D eigenvalue weighted by Crippen LogP contribution is 2.18. The van der Waals surface area contributed by atoms with Crippen LogP contribution < -0.4 is 4.31 Å². The van der Waals surface area contributed by atoms with Crippen LogP contribution in [0, 0.1) is 6.07 Å². The minimum Gasteiger partial charge on any atom is -0.267 e. The van der Waals surface area contributed by atoms with Crippen molar-refractivity contribution < 1.29 is 8.42 Å². The average Bonchev–Trinajstić information content (AvgIpc) is 2.27. The minimum absolute atomic E-state index is 0.451. The van der Waals surface area contributed by atoms with Crippen molar-refractivity contribution in [2.45, 2.75) is 13.3 Å². The highest BCUT2D eigenvalue weighted by Gasteiger charge is 2.17. The molecule has 0 spiro atoms. The standard InChI is InChI=1S/C11H14NO2S/c1-3-10-12(15(13,14)4-2)11-8-6-5-7-9-11/h4-6,8-9H,2-3,10H2,1H3. The van der Waals surface area contributed by atoms with Gasteiger partial charge < -0.3 is 0 Å². The summed E-state index contributed by atoms with van der Waals surface area (Å²) in [6.45, 7) is 5.70. The van der Waals surface area contributed by atoms with Crippen LogP contribution in [0.3, 0.4) is 0 Å². The molecule has 0 aliphatic rings. The summed E-state index contributed by atoms with van der Waals surface area (Å²) in [6, 6.07) is 9.74. The van der Waals surface area contributed by atoms with Crippen LogP contribution in [0.4, 0.5) is 5.69 Å². The molecule has 0 N–H and O–H groups in total. The third kappa shape index (κ3) is 2.83. The number of rotatable bonds is 5. The van der Waals surface area contributed by atoms with E-state index in [4.69, 9.17) is 0 Å². The number of benzene rings is 1. The lowest BCUT2D eigenvalue weighted by atomic mass is 10.3. The van der Waals surface area contributed by atoms with Crippen molar-refractivity contribution in [3.63, 3.8) is 0 Å². The molecule has 1 rings (SSSR count). The van der Waals surface area contributed by atoms with Gasteiger partial charge in [-0.05, 0) is 24.6 Å². The molecule has 1 aromatic carbocycles. The molecule has 0 saturated carbocycles. The molecule has 0 aromatic heterocycles. The van der Waals surface area contributed by atoms with Gasteiger partial charge in [0.05, 0.1) is 5.69 Å². The molecule has 0 aliphatic carbocycles. The maximum atomic E-state index is 11.7. The van der Waals surface area contributed by atoms with E-state index in [1.807, 2.05) is 6.92 Å². The Labute approximate surface area is 91.1 Å². The highest BCUT2D eigenvalue weighted by molar-refractivity contribution is 7.95. The van der Waals surface area contributed by atoms with Crippen LogP contribution in [-0.2, 0) is 10.0 Å². The molecule has 1 aromatic rings. The molecular weight excluding hydrogens is 210 g/mol. The normalized spacial score (nSPS) is 11.0. The van der Waals surface area contributed by atoms with Crippen LogP contribution in [0.15, 0.2) is 36.3 Å². The van der Waals surface area contributed by atoms with E-state index in [-0.39, 0.29) is 0 Å². The molecule has 3 nitrogen and oxygen atoms in total. The predicted octanol–water partition coefficient (Wildman–Crippen LogP) is 2.18. The molecule has 0 bridgehead atoms. The Morgan fingerprint density at radius 1 is 1.60 bits per heavy atom. The lowest BCUT2D eigenvalue weighted by Gasteiger charge is -2.21. The average molecular weight is 224 g/mol. The third-order valence-corrected chi connectivity index (χ3v) is 3.35. The largest absolute Gasteiger partial charge is 0.267 e. The molecule has 0 unspecified atom stereocenters. The van der Waals surface area contributed by atoms with E-state index in [2.05, 4.69) is 12.6 Å². The summed E-state index contributed by atoms with van der Waals surface area (Å²) in [6.07, 6.45) is 0.752. The molecule has 0 fully saturated rings. The second kappa shape index (κ2) is 4.98. The zero-order valence-electron chi connectivity index (χ0n) is 8.68. The van der Waals surface area contributed by atoms with Gasteiger partial charge >= 0.3 is 0 Å². The summed E-state index contributed by atoms with van der Waals surface area (Å²) in [7, 11) is -3.40. The van der Waals surface area contributed by atoms with Gasteiger partial charge in [-0.15, -0.1) is 0 Å². The molecule has 15 heavy (non-hydrogen) atoms. The molecule has 0 heterocycles. The quantitative estimate of drug-likeness (QED) is 0.768. The maximum absolute atomic E-state index is 11.7. The molecule has 0 saturated heterocycles. The van der Waals surface area contributed by atoms with Crippen LogP contribution in [0.25, 0.3) is 0 Å². The predicted molar refractivity (Wildman–Crippen MR) is 62.0 cm³/mol. The first-order valence-electron chi connectivity index (χ1n) is 4.73. The molecule has 1 radical (unpaired) electrons. The van der Waals surface area contributed by atoms with Gasteiger partial charge in [-0.1, -0.05) is 25.6 Å². The number of hydrogen-bond donors (Lipinski definition) is 0. The fraction of sp³-hybridized carbons (Fsp3) is 0.273. The summed E-state index contributed by atoms with van der Waals surface area (Å²) in [5.74, 6) is 0. The van der Waals surface area contributed by atoms with Crippen LogP contribution in [0.1, 0.15) is 13.3 Å². The van der Waals surface area contributed by atoms with Crippen molar-refractivity contribution in [1.82, 2.24) is 0 Å². The molecule has 0 aliphatic heterocycles. The van der Waals surface area contributed by atoms with E-state index >= 15 is 0 Å². The van der Waals surface area contributed by atoms with Gasteiger partial charge in [0.25, 0.3) is 10.0 Å². The molecule has 4 heteroatoms. The summed E-state index contributed by atoms with van der Waals surface area (Å²) in [5, 5.41) is 0.968. The topological polar surface area (TPSA) is 37.4 Å². The third-order valence-electron chi connectivity index (χ3n) is 1.92. The van der Waals surface area contributed by atoms with Gasteiger partial charge in [-0.3, -0.25) is 4.31 Å². The monoisotopic (exact) mass is 224 g/mol. The van der Waals surface area contributed by atoms with E-state index in [9.17, 15) is 8.42 Å². The van der Waals surface area contributed by atoms with E-state index in [0.29, 0.717) is 12.2 Å². The molecule has 0 amide bonds. The van der Waals surface area contributed by atoms with Gasteiger partial charge in [-0.25, -0.2) is 8.42 Å². The van der Waals surface area contributed by atoms with E-state index in [1.165, 1.54) is 4.31 Å². The molecular formula is C11H14NO2S. The second-order valence-corrected chi connectivity index (χ2v) is 4.85. The summed E-state index contributed by atoms with van der Waals surface area (Å²) in [4.78, 5) is 0. The zero-order chi connectivity index (χ0) is 11.3. The van der Waals surface area contributed by atoms with E-state index in [1.54, 1.807) is 24.3 Å². The lowest BCUT2D eigenvalue weighted by Crippen LogP contribution is -2.29. The number of nitrogens with zero attached hydrogens (tertiary/aromatic N) is 1. The number of anilines is 1. The van der Waals surface area contributed by atoms with Crippen molar-refractivity contribution in [2.75, 3.05) is 10.8 Å². The Balaban J connectivity index is 3.09. The fourth-order valence-corrected chi connectivity index (χ4v) is 2.26. The molecule has 81 valence electrons. The fourth-order valence-electron chi connectivity index (χ4n) is 1.24. The highest BCUT2D eigenvalue weighted by atomic mass is 32.2. The van der Waals surface area contributed by atoms with E-state index in [0.717, 1.165) is 11.8 Å². The Morgan fingerprint density at radius 3 is 2.80 bits per heavy atom. The Bertz CT molecular complexity index is 411. The van der Waals surface area contributed by atoms with Crippen molar-refractivity contribution in [3.8, 4) is 0 Å². The molecule has 0 atom stereocenters. The van der Waals surface area contributed by atoms with Gasteiger partial charge in [0.15, 0.2) is 0 Å². The van der Waals surface area contributed by atoms with E-state index < -0.39 is 10.0 Å². The van der Waals surface area contributed by atoms with Gasteiger partial charge in [-0.2, -0.15) is 0 Å². The first-order chi connectivity index (χ1) is 7.11. The van der Waals surface area contributed by atoms with Crippen molar-refractivity contribution in [2.24, 2.45) is 0 Å². The number of sulfonamides is 1. The lowest BCUT2D eigenvalue weighted by molar-refractivity contribution is 0.599. The van der Waals surface area contributed by atoms with Gasteiger partial charge in [0.1, 0.15) is 0 Å². The Hall–Kier alpha value is -1.29. The Morgan fingerprint density at radius 2 is 2.33 bits per heavy atom. The summed E-state index contributed by atoms with van der Waals surface area (Å²) < 4.78 is 24.7. The van der Waals surface area contributed by atoms with Crippen LogP contribution in [0.5, 0.6) is 0 Å². The van der Waals surface area contributed by atoms with Crippen molar-refractivity contribution in [1.29, 1.82) is 0 Å². The smallest absolute Gasteiger partial charge is 0.256 e. The second-order valence-electron chi connectivity index (χ2n) is 3.05. The minimum atomic E-state index is -3.40. The number of hydrogen-bond acceptors (Lipinski definition) is 2. The van der Waals surface area contributed by atoms with Crippen LogP contribution in [0.2, 0.25) is 0 Å². The van der Waals surface area contributed by atoms with Gasteiger partial charge in [0.2, 0.25) is 0 Å². The van der Waals surface area contributed by atoms with Gasteiger partial charge in [0, 0.05) is 12.0 Å². The SMILES string of the molecule is C=CS(=O)(=O)N(CCC)c1c[c]ccc1. The Kier molecular flexibility index (Phi) is 3.91. The van der Waals surface area contributed by atoms with Crippen LogP contribution >= 0.6 is 0 Å². The van der Waals surface area contributed by atoms with Crippen LogP contribution in [-0.4, -0.2) is 15.0 Å². The van der Waals surface area contributed by atoms with Crippen molar-refractivity contribution in [3.05, 3.63) is 42.3 Å². The summed E-state index contributed by atoms with van der Waals surface area (Å²) >= 11 is 0. The maximum Gasteiger partial charge on any atom is 0.256 e. The van der Waals surface area contributed by atoms with Crippen molar-refractivity contribution >= 4 is 15.7 Å². The first kappa shape index (κ1) is 11.8. The summed E-state index contributed by atoms with van der Waals surface area (Å²) in [5.41, 5.74) is 0.624. The first-order valence-corrected chi connectivity index (χ1v) is 6.23.